The van der Waals surface area contributed by atoms with E-state index in [2.05, 4.69) is 15.2 Å². The summed E-state index contributed by atoms with van der Waals surface area (Å²) < 4.78 is 14.6. The molecule has 0 fully saturated rings. The molecule has 3 aromatic rings. The smallest absolute Gasteiger partial charge is 0.248 e. The largest absolute Gasteiger partial charge is 0.387 e. The molecule has 1 amide bonds. The molecule has 0 saturated carbocycles. The quantitative estimate of drug-likeness (QED) is 0.724. The number of hydrogen-bond donors (Lipinski definition) is 2. The van der Waals surface area contributed by atoms with Crippen molar-refractivity contribution in [2.24, 2.45) is 7.05 Å². The van der Waals surface area contributed by atoms with Crippen molar-refractivity contribution in [3.63, 3.8) is 0 Å². The van der Waals surface area contributed by atoms with E-state index in [9.17, 15) is 9.18 Å². The number of halogens is 2. The molecule has 25 heavy (non-hydrogen) atoms. The van der Waals surface area contributed by atoms with Crippen LogP contribution in [-0.2, 0) is 24.8 Å². The number of fused-ring (bicyclic) bond motifs is 3. The van der Waals surface area contributed by atoms with Gasteiger partial charge in [0.1, 0.15) is 12.3 Å². The zero-order valence-electron chi connectivity index (χ0n) is 13.4. The van der Waals surface area contributed by atoms with Crippen molar-refractivity contribution >= 4 is 28.4 Å². The Hall–Kier alpha value is -2.45. The van der Waals surface area contributed by atoms with Gasteiger partial charge in [0.2, 0.25) is 5.91 Å². The highest BCUT2D eigenvalue weighted by atomic mass is 35.5. The molecule has 1 aromatic carbocycles. The molecule has 0 spiro atoms. The lowest BCUT2D eigenvalue weighted by Gasteiger charge is -2.26. The van der Waals surface area contributed by atoms with Crippen LogP contribution in [0.5, 0.6) is 0 Å². The van der Waals surface area contributed by atoms with E-state index in [1.54, 1.807) is 18.1 Å². The van der Waals surface area contributed by atoms with Crippen molar-refractivity contribution < 1.29 is 14.3 Å². The number of amides is 1. The molecule has 4 rings (SSSR count). The summed E-state index contributed by atoms with van der Waals surface area (Å²) in [7, 11) is 1.69. The average molecular weight is 364 g/mol. The van der Waals surface area contributed by atoms with Crippen LogP contribution >= 0.6 is 11.6 Å². The monoisotopic (exact) mass is 363 g/mol. The second kappa shape index (κ2) is 5.82. The lowest BCUT2D eigenvalue weighted by atomic mass is 9.99. The van der Waals surface area contributed by atoms with Gasteiger partial charge in [-0.2, -0.15) is 15.0 Å². The van der Waals surface area contributed by atoms with Crippen LogP contribution in [0.4, 0.5) is 4.39 Å². The van der Waals surface area contributed by atoms with E-state index in [0.717, 1.165) is 11.3 Å². The molecule has 9 heteroatoms. The van der Waals surface area contributed by atoms with Crippen molar-refractivity contribution in [1.29, 1.82) is 0 Å². The van der Waals surface area contributed by atoms with Crippen molar-refractivity contribution in [1.82, 2.24) is 24.9 Å². The van der Waals surface area contributed by atoms with Gasteiger partial charge in [0.15, 0.2) is 5.82 Å². The topological polar surface area (TPSA) is 87.0 Å². The fraction of sp³-hybridized carbons (Fsp3) is 0.312. The first kappa shape index (κ1) is 16.0. The first-order valence-electron chi connectivity index (χ1n) is 7.76. The van der Waals surface area contributed by atoms with Gasteiger partial charge in [-0.1, -0.05) is 11.6 Å². The van der Waals surface area contributed by atoms with Gasteiger partial charge in [-0.25, -0.2) is 4.39 Å². The number of aromatic nitrogens is 4. The van der Waals surface area contributed by atoms with E-state index >= 15 is 0 Å². The van der Waals surface area contributed by atoms with Gasteiger partial charge in [0.05, 0.1) is 16.7 Å². The number of aryl methyl sites for hydroxylation is 1. The standard InChI is InChI=1S/C16H15ClFN5O2/c1-22-19-5-12(21-22)8-4-10(17)15(18)16-14(8)9-6-23(13(25)7-24)3-2-11(9)20-16/h4-5,20,24H,2-3,6-7H2,1H3. The number of H-pyrrole nitrogens is 1. The fourth-order valence-electron chi connectivity index (χ4n) is 3.32. The number of hydrogen-bond acceptors (Lipinski definition) is 4. The normalized spacial score (nSPS) is 14.2. The predicted molar refractivity (Wildman–Crippen MR) is 89.5 cm³/mol. The van der Waals surface area contributed by atoms with Gasteiger partial charge in [-0.05, 0) is 6.07 Å². The van der Waals surface area contributed by atoms with Crippen LogP contribution in [-0.4, -0.2) is 49.0 Å². The summed E-state index contributed by atoms with van der Waals surface area (Å²) in [5.41, 5.74) is 3.21. The summed E-state index contributed by atoms with van der Waals surface area (Å²) in [4.78, 5) is 17.9. The molecule has 3 heterocycles. The van der Waals surface area contributed by atoms with Crippen molar-refractivity contribution in [2.45, 2.75) is 13.0 Å². The Morgan fingerprint density at radius 2 is 2.32 bits per heavy atom. The number of carbonyl (C=O) groups excluding carboxylic acids is 1. The molecular weight excluding hydrogens is 349 g/mol. The van der Waals surface area contributed by atoms with E-state index in [0.29, 0.717) is 41.7 Å². The fourth-order valence-corrected chi connectivity index (χ4v) is 3.53. The maximum Gasteiger partial charge on any atom is 0.248 e. The second-order valence-electron chi connectivity index (χ2n) is 5.99. The van der Waals surface area contributed by atoms with Crippen LogP contribution in [0.2, 0.25) is 5.02 Å². The van der Waals surface area contributed by atoms with Gasteiger partial charge in [0.25, 0.3) is 0 Å². The number of benzene rings is 1. The Balaban J connectivity index is 1.96. The highest BCUT2D eigenvalue weighted by Crippen LogP contribution is 2.38. The number of rotatable bonds is 2. The van der Waals surface area contributed by atoms with Gasteiger partial charge in [0, 0.05) is 48.8 Å². The number of nitrogens with zero attached hydrogens (tertiary/aromatic N) is 4. The first-order valence-corrected chi connectivity index (χ1v) is 8.14. The number of aromatic amines is 1. The summed E-state index contributed by atoms with van der Waals surface area (Å²) in [6.45, 7) is 0.215. The minimum atomic E-state index is -0.547. The summed E-state index contributed by atoms with van der Waals surface area (Å²) in [5, 5.41) is 18.1. The molecule has 7 nitrogen and oxygen atoms in total. The van der Waals surface area contributed by atoms with Crippen molar-refractivity contribution in [3.05, 3.63) is 34.4 Å². The van der Waals surface area contributed by atoms with Crippen LogP contribution in [0.1, 0.15) is 11.3 Å². The highest BCUT2D eigenvalue weighted by Gasteiger charge is 2.27. The van der Waals surface area contributed by atoms with E-state index in [1.807, 2.05) is 0 Å². The zero-order valence-corrected chi connectivity index (χ0v) is 14.1. The van der Waals surface area contributed by atoms with Crippen LogP contribution in [0.25, 0.3) is 22.2 Å². The molecular formula is C16H15ClFN5O2. The molecule has 0 aliphatic carbocycles. The molecule has 2 N–H and O–H groups in total. The summed E-state index contributed by atoms with van der Waals surface area (Å²) in [6, 6.07) is 1.53. The average Bonchev–Trinajstić information content (AvgIpc) is 3.20. The Morgan fingerprint density at radius 1 is 1.52 bits per heavy atom. The minimum Gasteiger partial charge on any atom is -0.387 e. The van der Waals surface area contributed by atoms with Crippen LogP contribution < -0.4 is 0 Å². The minimum absolute atomic E-state index is 0.00459. The number of carbonyl (C=O) groups is 1. The molecule has 130 valence electrons. The third-order valence-electron chi connectivity index (χ3n) is 4.51. The number of nitrogens with one attached hydrogen (secondary N) is 1. The summed E-state index contributed by atoms with van der Waals surface area (Å²) in [6.07, 6.45) is 2.13. The second-order valence-corrected chi connectivity index (χ2v) is 6.40. The molecule has 0 bridgehead atoms. The molecule has 0 atom stereocenters. The van der Waals surface area contributed by atoms with Crippen LogP contribution in [0, 0.1) is 5.82 Å². The number of aliphatic hydroxyl groups excluding tert-OH is 1. The Bertz CT molecular complexity index is 996. The van der Waals surface area contributed by atoms with Gasteiger partial charge < -0.3 is 15.0 Å². The van der Waals surface area contributed by atoms with Gasteiger partial charge >= 0.3 is 0 Å². The van der Waals surface area contributed by atoms with Gasteiger partial charge in [-0.15, -0.1) is 0 Å². The van der Waals surface area contributed by atoms with Gasteiger partial charge in [-0.3, -0.25) is 4.79 Å². The summed E-state index contributed by atoms with van der Waals surface area (Å²) in [5.74, 6) is -0.880. The Labute approximate surface area is 147 Å². The van der Waals surface area contributed by atoms with Crippen molar-refractivity contribution in [2.75, 3.05) is 13.2 Å². The predicted octanol–water partition coefficient (Wildman–Crippen LogP) is 1.63. The number of aliphatic hydroxyl groups is 1. The Kier molecular flexibility index (Phi) is 3.73. The van der Waals surface area contributed by atoms with Crippen LogP contribution in [0.15, 0.2) is 12.3 Å². The van der Waals surface area contributed by atoms with E-state index in [-0.39, 0.29) is 10.9 Å². The lowest BCUT2D eigenvalue weighted by molar-refractivity contribution is -0.135. The Morgan fingerprint density at radius 3 is 3.00 bits per heavy atom. The maximum absolute atomic E-state index is 14.6. The summed E-state index contributed by atoms with van der Waals surface area (Å²) >= 11 is 6.07. The molecule has 0 saturated heterocycles. The SMILES string of the molecule is Cn1ncc(-c2cc(Cl)c(F)c3[nH]c4c(c23)CN(C(=O)CO)CC4)n1. The molecule has 0 radical (unpaired) electrons. The molecule has 0 unspecified atom stereocenters. The third kappa shape index (κ3) is 2.49. The van der Waals surface area contributed by atoms with E-state index in [4.69, 9.17) is 16.7 Å². The zero-order chi connectivity index (χ0) is 17.7. The molecule has 1 aliphatic heterocycles. The highest BCUT2D eigenvalue weighted by molar-refractivity contribution is 6.32. The first-order chi connectivity index (χ1) is 12.0. The van der Waals surface area contributed by atoms with E-state index in [1.165, 1.54) is 10.9 Å². The lowest BCUT2D eigenvalue weighted by Crippen LogP contribution is -2.37. The van der Waals surface area contributed by atoms with Crippen LogP contribution in [0.3, 0.4) is 0 Å². The van der Waals surface area contributed by atoms with E-state index < -0.39 is 12.4 Å². The molecule has 2 aromatic heterocycles. The van der Waals surface area contributed by atoms with Crippen molar-refractivity contribution in [3.8, 4) is 11.3 Å². The maximum atomic E-state index is 14.6. The molecule has 1 aliphatic rings. The third-order valence-corrected chi connectivity index (χ3v) is 4.78.